The van der Waals surface area contributed by atoms with Crippen LogP contribution in [0.5, 0.6) is 0 Å². The molecule has 0 radical (unpaired) electrons. The lowest BCUT2D eigenvalue weighted by Crippen LogP contribution is -2.08. The van der Waals surface area contributed by atoms with E-state index in [9.17, 15) is 0 Å². The molecule has 0 aliphatic carbocycles. The molecule has 2 heterocycles. The maximum absolute atomic E-state index is 4.36. The van der Waals surface area contributed by atoms with Crippen molar-refractivity contribution in [3.05, 3.63) is 24.5 Å². The SMILES string of the molecule is CC(I)Nc1ccn2nccc2n1. The first-order chi connectivity index (χ1) is 6.25. The number of hydrogen-bond acceptors (Lipinski definition) is 3. The molecule has 2 aromatic heterocycles. The number of nitrogens with one attached hydrogen (secondary N) is 1. The molecule has 0 aromatic carbocycles. The second-order valence-corrected chi connectivity index (χ2v) is 4.58. The summed E-state index contributed by atoms with van der Waals surface area (Å²) in [4.78, 5) is 4.36. The van der Waals surface area contributed by atoms with Crippen LogP contribution in [0.25, 0.3) is 5.65 Å². The van der Waals surface area contributed by atoms with Crippen LogP contribution in [0.15, 0.2) is 24.5 Å². The van der Waals surface area contributed by atoms with E-state index in [0.29, 0.717) is 4.05 Å². The van der Waals surface area contributed by atoms with Crippen molar-refractivity contribution in [3.8, 4) is 0 Å². The average molecular weight is 288 g/mol. The van der Waals surface area contributed by atoms with Crippen molar-refractivity contribution >= 4 is 34.1 Å². The van der Waals surface area contributed by atoms with Gasteiger partial charge in [0.05, 0.1) is 10.2 Å². The van der Waals surface area contributed by atoms with Gasteiger partial charge in [0.2, 0.25) is 0 Å². The molecule has 2 aromatic rings. The number of hydrogen-bond donors (Lipinski definition) is 1. The average Bonchev–Trinajstić information content (AvgIpc) is 2.49. The normalized spacial score (nSPS) is 13.1. The largest absolute Gasteiger partial charge is 0.359 e. The Morgan fingerprint density at radius 3 is 3.15 bits per heavy atom. The van der Waals surface area contributed by atoms with E-state index < -0.39 is 0 Å². The van der Waals surface area contributed by atoms with Crippen molar-refractivity contribution in [2.24, 2.45) is 0 Å². The Morgan fingerprint density at radius 2 is 2.38 bits per heavy atom. The van der Waals surface area contributed by atoms with Gasteiger partial charge in [-0.1, -0.05) is 22.6 Å². The summed E-state index contributed by atoms with van der Waals surface area (Å²) >= 11 is 2.29. The first kappa shape index (κ1) is 8.74. The molecular weight excluding hydrogens is 279 g/mol. The second kappa shape index (κ2) is 3.49. The minimum absolute atomic E-state index is 0.371. The molecule has 13 heavy (non-hydrogen) atoms. The first-order valence-corrected chi connectivity index (χ1v) is 5.21. The molecule has 0 aliphatic rings. The number of halogens is 1. The summed E-state index contributed by atoms with van der Waals surface area (Å²) in [5.41, 5.74) is 0.863. The van der Waals surface area contributed by atoms with Gasteiger partial charge in [-0.25, -0.2) is 9.50 Å². The zero-order chi connectivity index (χ0) is 9.26. The van der Waals surface area contributed by atoms with E-state index in [1.165, 1.54) is 0 Å². The molecule has 4 nitrogen and oxygen atoms in total. The Hall–Kier alpha value is -0.850. The minimum atomic E-state index is 0.371. The maximum Gasteiger partial charge on any atom is 0.157 e. The Balaban J connectivity index is 2.37. The molecule has 1 unspecified atom stereocenters. The quantitative estimate of drug-likeness (QED) is 0.521. The van der Waals surface area contributed by atoms with Crippen LogP contribution in [0.4, 0.5) is 5.82 Å². The Labute approximate surface area is 89.5 Å². The summed E-state index contributed by atoms with van der Waals surface area (Å²) in [6.07, 6.45) is 3.63. The van der Waals surface area contributed by atoms with E-state index in [2.05, 4.69) is 44.9 Å². The van der Waals surface area contributed by atoms with Crippen molar-refractivity contribution < 1.29 is 0 Å². The lowest BCUT2D eigenvalue weighted by molar-refractivity contribution is 0.937. The smallest absolute Gasteiger partial charge is 0.157 e. The molecule has 5 heteroatoms. The predicted octanol–water partition coefficient (Wildman–Crippen LogP) is 1.92. The number of anilines is 1. The van der Waals surface area contributed by atoms with Gasteiger partial charge >= 0.3 is 0 Å². The van der Waals surface area contributed by atoms with Crippen molar-refractivity contribution in [3.63, 3.8) is 0 Å². The molecule has 0 saturated heterocycles. The minimum Gasteiger partial charge on any atom is -0.359 e. The third-order valence-electron chi connectivity index (χ3n) is 1.60. The summed E-state index contributed by atoms with van der Waals surface area (Å²) in [5, 5.41) is 7.28. The van der Waals surface area contributed by atoms with E-state index in [1.54, 1.807) is 10.7 Å². The van der Waals surface area contributed by atoms with E-state index in [1.807, 2.05) is 18.3 Å². The molecule has 0 saturated carbocycles. The molecule has 2 rings (SSSR count). The van der Waals surface area contributed by atoms with Crippen LogP contribution in [-0.4, -0.2) is 18.6 Å². The molecular formula is C8H9IN4. The summed E-state index contributed by atoms with van der Waals surface area (Å²) in [6.45, 7) is 2.07. The molecule has 1 N–H and O–H groups in total. The Bertz CT molecular complexity index is 409. The monoisotopic (exact) mass is 288 g/mol. The first-order valence-electron chi connectivity index (χ1n) is 3.97. The van der Waals surface area contributed by atoms with Gasteiger partial charge in [-0.3, -0.25) is 0 Å². The topological polar surface area (TPSA) is 42.2 Å². The van der Waals surface area contributed by atoms with Crippen LogP contribution < -0.4 is 5.32 Å². The molecule has 0 spiro atoms. The van der Waals surface area contributed by atoms with E-state index in [0.717, 1.165) is 11.5 Å². The highest BCUT2D eigenvalue weighted by Crippen LogP contribution is 2.09. The summed E-state index contributed by atoms with van der Waals surface area (Å²) in [5.74, 6) is 0.884. The van der Waals surface area contributed by atoms with E-state index >= 15 is 0 Å². The number of aromatic nitrogens is 3. The van der Waals surface area contributed by atoms with Gasteiger partial charge in [0.1, 0.15) is 5.82 Å². The Morgan fingerprint density at radius 1 is 1.54 bits per heavy atom. The van der Waals surface area contributed by atoms with Crippen LogP contribution in [0, 0.1) is 0 Å². The number of fused-ring (bicyclic) bond motifs is 1. The van der Waals surface area contributed by atoms with Gasteiger partial charge in [0.15, 0.2) is 5.65 Å². The van der Waals surface area contributed by atoms with Crippen LogP contribution in [0.2, 0.25) is 0 Å². The molecule has 0 aliphatic heterocycles. The van der Waals surface area contributed by atoms with Crippen molar-refractivity contribution in [1.29, 1.82) is 0 Å². The lowest BCUT2D eigenvalue weighted by Gasteiger charge is -2.06. The van der Waals surface area contributed by atoms with Gasteiger partial charge < -0.3 is 5.32 Å². The zero-order valence-electron chi connectivity index (χ0n) is 7.11. The standard InChI is InChI=1S/C8H9IN4/c1-6(9)11-7-3-5-13-8(12-7)2-4-10-13/h2-6H,1H3,(H,11,12). The molecule has 0 fully saturated rings. The van der Waals surface area contributed by atoms with Gasteiger partial charge in [-0.2, -0.15) is 5.10 Å². The van der Waals surface area contributed by atoms with Crippen LogP contribution >= 0.6 is 22.6 Å². The maximum atomic E-state index is 4.36. The van der Waals surface area contributed by atoms with Crippen LogP contribution in [0.3, 0.4) is 0 Å². The van der Waals surface area contributed by atoms with E-state index in [-0.39, 0.29) is 0 Å². The van der Waals surface area contributed by atoms with E-state index in [4.69, 9.17) is 0 Å². The second-order valence-electron chi connectivity index (χ2n) is 2.71. The highest BCUT2D eigenvalue weighted by molar-refractivity contribution is 14.1. The molecule has 68 valence electrons. The number of rotatable bonds is 2. The lowest BCUT2D eigenvalue weighted by atomic mass is 10.5. The van der Waals surface area contributed by atoms with Crippen LogP contribution in [-0.2, 0) is 0 Å². The molecule has 0 amide bonds. The van der Waals surface area contributed by atoms with Crippen LogP contribution in [0.1, 0.15) is 6.92 Å². The summed E-state index contributed by atoms with van der Waals surface area (Å²) in [6, 6.07) is 3.79. The fourth-order valence-electron chi connectivity index (χ4n) is 1.10. The summed E-state index contributed by atoms with van der Waals surface area (Å²) < 4.78 is 2.11. The van der Waals surface area contributed by atoms with Gasteiger partial charge in [0, 0.05) is 12.3 Å². The highest BCUT2D eigenvalue weighted by Gasteiger charge is 1.99. The van der Waals surface area contributed by atoms with Crippen molar-refractivity contribution in [1.82, 2.24) is 14.6 Å². The van der Waals surface area contributed by atoms with Gasteiger partial charge in [0.25, 0.3) is 0 Å². The summed E-state index contributed by atoms with van der Waals surface area (Å²) in [7, 11) is 0. The third kappa shape index (κ3) is 1.90. The molecule has 0 bridgehead atoms. The fourth-order valence-corrected chi connectivity index (χ4v) is 1.42. The highest BCUT2D eigenvalue weighted by atomic mass is 127. The number of alkyl halides is 1. The predicted molar refractivity (Wildman–Crippen MR) is 60.1 cm³/mol. The fraction of sp³-hybridized carbons (Fsp3) is 0.250. The van der Waals surface area contributed by atoms with Gasteiger partial charge in [-0.15, -0.1) is 0 Å². The number of nitrogens with zero attached hydrogens (tertiary/aromatic N) is 3. The third-order valence-corrected chi connectivity index (χ3v) is 1.92. The Kier molecular flexibility index (Phi) is 2.34. The zero-order valence-corrected chi connectivity index (χ0v) is 9.26. The van der Waals surface area contributed by atoms with Crippen molar-refractivity contribution in [2.45, 2.75) is 11.0 Å². The van der Waals surface area contributed by atoms with Crippen molar-refractivity contribution in [2.75, 3.05) is 5.32 Å². The molecule has 1 atom stereocenters. The van der Waals surface area contributed by atoms with Gasteiger partial charge in [-0.05, 0) is 13.0 Å².